The maximum absolute atomic E-state index is 2.55. The Labute approximate surface area is 73.5 Å². The van der Waals surface area contributed by atoms with Gasteiger partial charge in [0.15, 0.2) is 0 Å². The minimum absolute atomic E-state index is 0.885. The summed E-state index contributed by atoms with van der Waals surface area (Å²) >= 11 is 0. The Morgan fingerprint density at radius 3 is 1.36 bits per heavy atom. The molecule has 0 aromatic carbocycles. The van der Waals surface area contributed by atoms with Gasteiger partial charge in [-0.15, -0.1) is 0 Å². The van der Waals surface area contributed by atoms with Gasteiger partial charge in [0.1, 0.15) is 0 Å². The third-order valence-electron chi connectivity index (χ3n) is 2.58. The monoisotopic (exact) mass is 186 g/mol. The lowest BCUT2D eigenvalue weighted by Crippen LogP contribution is -2.51. The molecule has 0 unspecified atom stereocenters. The molecule has 0 atom stereocenters. The van der Waals surface area contributed by atoms with E-state index < -0.39 is 15.2 Å². The predicted molar refractivity (Wildman–Crippen MR) is 60.3 cm³/mol. The highest BCUT2D eigenvalue weighted by Crippen LogP contribution is 2.20. The van der Waals surface area contributed by atoms with Gasteiger partial charge in [0.25, 0.3) is 0 Å². The van der Waals surface area contributed by atoms with Gasteiger partial charge in [-0.1, -0.05) is 44.0 Å². The maximum atomic E-state index is 2.55. The third-order valence-corrected chi connectivity index (χ3v) is 19.8. The Balaban J connectivity index is 4.61. The highest BCUT2D eigenvalue weighted by molar-refractivity contribution is 7.42. The smallest absolute Gasteiger partial charge is 0.0644 e. The highest BCUT2D eigenvalue weighted by Gasteiger charge is 2.34. The van der Waals surface area contributed by atoms with Gasteiger partial charge in [0.05, 0.1) is 7.59 Å². The van der Waals surface area contributed by atoms with Crippen LogP contribution < -0.4 is 0 Å². The third kappa shape index (κ3) is 3.38. The molecule has 0 aromatic rings. The van der Waals surface area contributed by atoms with Gasteiger partial charge < -0.3 is 0 Å². The van der Waals surface area contributed by atoms with Gasteiger partial charge in [0, 0.05) is 7.59 Å². The molecule has 0 saturated carbocycles. The Hall–Kier alpha value is 0.174. The topological polar surface area (TPSA) is 0 Å². The summed E-state index contributed by atoms with van der Waals surface area (Å²) in [5.74, 6) is 0. The molecule has 0 nitrogen and oxygen atoms in total. The van der Waals surface area contributed by atoms with E-state index in [2.05, 4.69) is 52.3 Å². The van der Waals surface area contributed by atoms with Crippen molar-refractivity contribution in [1.29, 1.82) is 0 Å². The minimum atomic E-state index is -0.991. The summed E-state index contributed by atoms with van der Waals surface area (Å²) in [5.41, 5.74) is 4.06. The van der Waals surface area contributed by atoms with Crippen molar-refractivity contribution >= 4 is 15.2 Å². The van der Waals surface area contributed by atoms with Gasteiger partial charge in [-0.05, 0) is 13.8 Å². The molecular formula is C9H22Si2. The summed E-state index contributed by atoms with van der Waals surface area (Å²) in [6.07, 6.45) is 0. The van der Waals surface area contributed by atoms with E-state index in [1.807, 2.05) is 0 Å². The molecule has 0 fully saturated rings. The second kappa shape index (κ2) is 3.27. The molecule has 0 rings (SSSR count). The molecule has 0 N–H and O–H groups in total. The second-order valence-corrected chi connectivity index (χ2v) is 21.8. The zero-order chi connectivity index (χ0) is 9.28. The molecule has 66 valence electrons. The van der Waals surface area contributed by atoms with Crippen LogP contribution in [0.1, 0.15) is 13.8 Å². The maximum Gasteiger partial charge on any atom is 0.0644 e. The van der Waals surface area contributed by atoms with E-state index in [1.54, 1.807) is 0 Å². The Morgan fingerprint density at radius 1 is 0.909 bits per heavy atom. The predicted octanol–water partition coefficient (Wildman–Crippen LogP) is 3.62. The normalized spacial score (nSPS) is 13.0. The zero-order valence-corrected chi connectivity index (χ0v) is 11.1. The molecule has 0 aliphatic carbocycles. The van der Waals surface area contributed by atoms with E-state index in [1.165, 1.54) is 5.57 Å². The number of allylic oxidation sites excluding steroid dienone is 1. The Morgan fingerprint density at radius 2 is 1.27 bits per heavy atom. The molecule has 0 aliphatic rings. The van der Waals surface area contributed by atoms with Crippen molar-refractivity contribution in [2.24, 2.45) is 0 Å². The van der Waals surface area contributed by atoms with Crippen LogP contribution in [0.4, 0.5) is 0 Å². The van der Waals surface area contributed by atoms with Crippen molar-refractivity contribution in [3.63, 3.8) is 0 Å². The lowest BCUT2D eigenvalue weighted by Gasteiger charge is -2.32. The molecule has 0 aromatic heterocycles. The quantitative estimate of drug-likeness (QED) is 0.578. The highest BCUT2D eigenvalue weighted by atomic mass is 29.3. The van der Waals surface area contributed by atoms with Crippen molar-refractivity contribution in [2.75, 3.05) is 0 Å². The summed E-state index contributed by atoms with van der Waals surface area (Å²) < 4.78 is 0. The number of hydrogen-bond donors (Lipinski definition) is 0. The Bertz CT molecular complexity index is 157. The largest absolute Gasteiger partial charge is 0.0984 e. The van der Waals surface area contributed by atoms with Crippen LogP contribution in [0.3, 0.4) is 0 Å². The van der Waals surface area contributed by atoms with Gasteiger partial charge >= 0.3 is 0 Å². The first-order chi connectivity index (χ1) is 4.67. The van der Waals surface area contributed by atoms with Crippen molar-refractivity contribution < 1.29 is 0 Å². The average molecular weight is 186 g/mol. The average Bonchev–Trinajstić information content (AvgIpc) is 1.56. The lowest BCUT2D eigenvalue weighted by molar-refractivity contribution is 1.40. The number of hydrogen-bond acceptors (Lipinski definition) is 0. The van der Waals surface area contributed by atoms with E-state index in [4.69, 9.17) is 0 Å². The van der Waals surface area contributed by atoms with Crippen molar-refractivity contribution in [2.45, 2.75) is 46.6 Å². The molecule has 0 saturated heterocycles. The van der Waals surface area contributed by atoms with Crippen molar-refractivity contribution in [3.8, 4) is 0 Å². The molecule has 0 spiro atoms. The van der Waals surface area contributed by atoms with Crippen LogP contribution >= 0.6 is 0 Å². The summed E-state index contributed by atoms with van der Waals surface area (Å²) in [5, 5.41) is 0. The fourth-order valence-corrected chi connectivity index (χ4v) is 4.98. The standard InChI is InChI=1S/C9H22Si2/c1-9(2)8-11(6,7)10(3,4)5/h8H,1-7H3. The van der Waals surface area contributed by atoms with Crippen LogP contribution in [0.15, 0.2) is 11.3 Å². The molecule has 0 aliphatic heterocycles. The van der Waals surface area contributed by atoms with Crippen LogP contribution in [0.5, 0.6) is 0 Å². The van der Waals surface area contributed by atoms with Crippen LogP contribution in [-0.4, -0.2) is 15.2 Å². The summed E-state index contributed by atoms with van der Waals surface area (Å²) in [7, 11) is -1.88. The van der Waals surface area contributed by atoms with E-state index in [9.17, 15) is 0 Å². The first-order valence-electron chi connectivity index (χ1n) is 4.33. The van der Waals surface area contributed by atoms with E-state index in [0.29, 0.717) is 0 Å². The van der Waals surface area contributed by atoms with Crippen molar-refractivity contribution in [1.82, 2.24) is 0 Å². The SMILES string of the molecule is CC(C)=C[Si](C)(C)[Si](C)(C)C. The molecule has 0 heterocycles. The molecule has 2 heteroatoms. The van der Waals surface area contributed by atoms with E-state index >= 15 is 0 Å². The molecule has 0 amide bonds. The summed E-state index contributed by atoms with van der Waals surface area (Å²) in [6.45, 7) is 16.9. The first kappa shape index (κ1) is 11.2. The molecule has 0 radical (unpaired) electrons. The Kier molecular flexibility index (Phi) is 3.32. The van der Waals surface area contributed by atoms with Crippen LogP contribution in [-0.2, 0) is 0 Å². The minimum Gasteiger partial charge on any atom is -0.0984 e. The fourth-order valence-electron chi connectivity index (χ4n) is 0.938. The first-order valence-corrected chi connectivity index (χ1v) is 11.9. The van der Waals surface area contributed by atoms with Crippen molar-refractivity contribution in [3.05, 3.63) is 11.3 Å². The number of rotatable bonds is 2. The van der Waals surface area contributed by atoms with Gasteiger partial charge in [-0.25, -0.2) is 0 Å². The fraction of sp³-hybridized carbons (Fsp3) is 0.778. The lowest BCUT2D eigenvalue weighted by atomic mass is 10.4. The molecular weight excluding hydrogens is 164 g/mol. The summed E-state index contributed by atoms with van der Waals surface area (Å²) in [4.78, 5) is 0. The van der Waals surface area contributed by atoms with Gasteiger partial charge in [-0.3, -0.25) is 0 Å². The zero-order valence-electron chi connectivity index (χ0n) is 9.08. The second-order valence-electron chi connectivity index (χ2n) is 5.19. The van der Waals surface area contributed by atoms with Gasteiger partial charge in [-0.2, -0.15) is 0 Å². The van der Waals surface area contributed by atoms with Gasteiger partial charge in [0.2, 0.25) is 0 Å². The molecule has 0 bridgehead atoms. The van der Waals surface area contributed by atoms with E-state index in [0.717, 1.165) is 0 Å². The summed E-state index contributed by atoms with van der Waals surface area (Å²) in [6, 6.07) is 0. The van der Waals surface area contributed by atoms with Crippen LogP contribution in [0.25, 0.3) is 0 Å². The molecule has 11 heavy (non-hydrogen) atoms. The van der Waals surface area contributed by atoms with E-state index in [-0.39, 0.29) is 0 Å². The van der Waals surface area contributed by atoms with Crippen LogP contribution in [0.2, 0.25) is 32.7 Å². The van der Waals surface area contributed by atoms with Crippen LogP contribution in [0, 0.1) is 0 Å².